The van der Waals surface area contributed by atoms with E-state index < -0.39 is 0 Å². The van der Waals surface area contributed by atoms with Gasteiger partial charge in [0, 0.05) is 17.8 Å². The summed E-state index contributed by atoms with van der Waals surface area (Å²) in [6.45, 7) is 7.26. The molecule has 0 amide bonds. The number of nitrogens with one attached hydrogen (secondary N) is 1. The quantitative estimate of drug-likeness (QED) is 0.922. The molecule has 1 heterocycles. The summed E-state index contributed by atoms with van der Waals surface area (Å²) in [5.74, 6) is 0. The van der Waals surface area contributed by atoms with E-state index in [2.05, 4.69) is 48.9 Å². The van der Waals surface area contributed by atoms with Crippen LogP contribution in [-0.2, 0) is 12.1 Å². The predicted molar refractivity (Wildman–Crippen MR) is 81.4 cm³/mol. The fraction of sp³-hybridized carbons (Fsp3) is 0.857. The van der Waals surface area contributed by atoms with Crippen molar-refractivity contribution in [3.8, 4) is 0 Å². The van der Waals surface area contributed by atoms with Crippen molar-refractivity contribution in [3.63, 3.8) is 0 Å². The molecule has 1 saturated carbocycles. The normalized spacial score (nSPS) is 24.6. The van der Waals surface area contributed by atoms with Gasteiger partial charge >= 0.3 is 0 Å². The first-order valence-electron chi connectivity index (χ1n) is 7.17. The van der Waals surface area contributed by atoms with Crippen molar-refractivity contribution in [2.45, 2.75) is 69.8 Å². The molecule has 1 aromatic rings. The minimum Gasteiger partial charge on any atom is -0.308 e. The molecule has 0 spiro atoms. The standard InChI is InChI=1S/C14H26N4S/c1-14(2,3)18-10-12(16-17-18)9-15-11-5-7-13(19-4)8-6-11/h10-11,13,15H,5-9H2,1-4H3. The van der Waals surface area contributed by atoms with Crippen LogP contribution in [0.4, 0.5) is 0 Å². The molecule has 0 unspecified atom stereocenters. The van der Waals surface area contributed by atoms with Crippen molar-refractivity contribution in [2.24, 2.45) is 0 Å². The first-order valence-corrected chi connectivity index (χ1v) is 8.45. The highest BCUT2D eigenvalue weighted by Gasteiger charge is 2.20. The van der Waals surface area contributed by atoms with Crippen LogP contribution in [0.5, 0.6) is 0 Å². The van der Waals surface area contributed by atoms with Gasteiger partial charge in [-0.15, -0.1) is 5.10 Å². The fourth-order valence-corrected chi connectivity index (χ4v) is 3.20. The van der Waals surface area contributed by atoms with Gasteiger partial charge in [0.05, 0.1) is 17.4 Å². The Balaban J connectivity index is 1.78. The van der Waals surface area contributed by atoms with E-state index in [1.807, 2.05) is 16.4 Å². The Labute approximate surface area is 120 Å². The van der Waals surface area contributed by atoms with Crippen molar-refractivity contribution < 1.29 is 0 Å². The minimum atomic E-state index is 0.0155. The van der Waals surface area contributed by atoms with Gasteiger partial charge in [-0.3, -0.25) is 0 Å². The lowest BCUT2D eigenvalue weighted by Crippen LogP contribution is -2.33. The first-order chi connectivity index (χ1) is 8.99. The van der Waals surface area contributed by atoms with E-state index in [1.54, 1.807) is 0 Å². The summed E-state index contributed by atoms with van der Waals surface area (Å²) in [5.41, 5.74) is 1.06. The molecular weight excluding hydrogens is 256 g/mol. The van der Waals surface area contributed by atoms with Gasteiger partial charge in [-0.2, -0.15) is 11.8 Å². The summed E-state index contributed by atoms with van der Waals surface area (Å²) in [6.07, 6.45) is 9.54. The number of nitrogens with zero attached hydrogens (tertiary/aromatic N) is 3. The van der Waals surface area contributed by atoms with Crippen LogP contribution >= 0.6 is 11.8 Å². The maximum absolute atomic E-state index is 4.24. The molecule has 0 bridgehead atoms. The van der Waals surface area contributed by atoms with E-state index in [1.165, 1.54) is 25.7 Å². The number of hydrogen-bond acceptors (Lipinski definition) is 4. The van der Waals surface area contributed by atoms with E-state index in [4.69, 9.17) is 0 Å². The maximum Gasteiger partial charge on any atom is 0.0965 e. The zero-order chi connectivity index (χ0) is 13.9. The van der Waals surface area contributed by atoms with E-state index in [-0.39, 0.29) is 5.54 Å². The smallest absolute Gasteiger partial charge is 0.0965 e. The molecule has 1 aliphatic rings. The molecule has 5 heteroatoms. The topological polar surface area (TPSA) is 42.7 Å². The van der Waals surface area contributed by atoms with Gasteiger partial charge in [-0.1, -0.05) is 5.21 Å². The van der Waals surface area contributed by atoms with Crippen molar-refractivity contribution in [1.29, 1.82) is 0 Å². The second-order valence-corrected chi connectivity index (χ2v) is 7.55. The lowest BCUT2D eigenvalue weighted by molar-refractivity contribution is 0.346. The monoisotopic (exact) mass is 282 g/mol. The van der Waals surface area contributed by atoms with E-state index >= 15 is 0 Å². The van der Waals surface area contributed by atoms with E-state index in [9.17, 15) is 0 Å². The Bertz CT molecular complexity index is 388. The molecule has 1 aromatic heterocycles. The van der Waals surface area contributed by atoms with Crippen LogP contribution in [0.2, 0.25) is 0 Å². The summed E-state index contributed by atoms with van der Waals surface area (Å²) in [7, 11) is 0. The van der Waals surface area contributed by atoms with Crippen molar-refractivity contribution in [1.82, 2.24) is 20.3 Å². The Morgan fingerprint density at radius 1 is 1.32 bits per heavy atom. The molecule has 0 aromatic carbocycles. The molecule has 0 atom stereocenters. The number of hydrogen-bond donors (Lipinski definition) is 1. The van der Waals surface area contributed by atoms with Gasteiger partial charge in [0.1, 0.15) is 0 Å². The summed E-state index contributed by atoms with van der Waals surface area (Å²) in [5, 5.41) is 12.9. The van der Waals surface area contributed by atoms with Crippen molar-refractivity contribution in [3.05, 3.63) is 11.9 Å². The van der Waals surface area contributed by atoms with Crippen LogP contribution in [0.25, 0.3) is 0 Å². The van der Waals surface area contributed by atoms with Crippen molar-refractivity contribution in [2.75, 3.05) is 6.26 Å². The average Bonchev–Trinajstić information content (AvgIpc) is 2.86. The molecule has 108 valence electrons. The van der Waals surface area contributed by atoms with Gasteiger partial charge in [-0.05, 0) is 52.7 Å². The van der Waals surface area contributed by atoms with Gasteiger partial charge < -0.3 is 5.32 Å². The van der Waals surface area contributed by atoms with Crippen LogP contribution in [-0.4, -0.2) is 32.5 Å². The number of thioether (sulfide) groups is 1. The highest BCUT2D eigenvalue weighted by atomic mass is 32.2. The molecule has 1 fully saturated rings. The third-order valence-electron chi connectivity index (χ3n) is 3.81. The zero-order valence-electron chi connectivity index (χ0n) is 12.5. The highest BCUT2D eigenvalue weighted by molar-refractivity contribution is 7.99. The molecule has 4 nitrogen and oxygen atoms in total. The van der Waals surface area contributed by atoms with Gasteiger partial charge in [0.15, 0.2) is 0 Å². The SMILES string of the molecule is CSC1CCC(NCc2cn(C(C)(C)C)nn2)CC1. The Morgan fingerprint density at radius 3 is 2.53 bits per heavy atom. The Kier molecular flexibility index (Phi) is 4.90. The van der Waals surface area contributed by atoms with E-state index in [0.717, 1.165) is 17.5 Å². The largest absolute Gasteiger partial charge is 0.308 e. The summed E-state index contributed by atoms with van der Waals surface area (Å²) < 4.78 is 1.94. The van der Waals surface area contributed by atoms with Gasteiger partial charge in [0.2, 0.25) is 0 Å². The summed E-state index contributed by atoms with van der Waals surface area (Å²) in [6, 6.07) is 0.656. The van der Waals surface area contributed by atoms with Crippen LogP contribution in [0, 0.1) is 0 Å². The average molecular weight is 282 g/mol. The van der Waals surface area contributed by atoms with Crippen molar-refractivity contribution >= 4 is 11.8 Å². The highest BCUT2D eigenvalue weighted by Crippen LogP contribution is 2.26. The van der Waals surface area contributed by atoms with Crippen LogP contribution in [0.1, 0.15) is 52.1 Å². The van der Waals surface area contributed by atoms with E-state index in [0.29, 0.717) is 6.04 Å². The Morgan fingerprint density at radius 2 is 2.00 bits per heavy atom. The lowest BCUT2D eigenvalue weighted by Gasteiger charge is -2.27. The molecule has 0 radical (unpaired) electrons. The minimum absolute atomic E-state index is 0.0155. The second kappa shape index (κ2) is 6.27. The molecule has 2 rings (SSSR count). The molecule has 0 saturated heterocycles. The molecular formula is C14H26N4S. The Hall–Kier alpha value is -0.550. The third kappa shape index (κ3) is 4.21. The maximum atomic E-state index is 4.24. The summed E-state index contributed by atoms with van der Waals surface area (Å²) >= 11 is 2.01. The van der Waals surface area contributed by atoms with Gasteiger partial charge in [-0.25, -0.2) is 4.68 Å². The van der Waals surface area contributed by atoms with Crippen LogP contribution in [0.3, 0.4) is 0 Å². The third-order valence-corrected chi connectivity index (χ3v) is 4.95. The number of rotatable bonds is 4. The molecule has 0 aliphatic heterocycles. The number of aromatic nitrogens is 3. The van der Waals surface area contributed by atoms with Crippen LogP contribution in [0.15, 0.2) is 6.20 Å². The fourth-order valence-electron chi connectivity index (χ4n) is 2.46. The molecule has 1 aliphatic carbocycles. The second-order valence-electron chi connectivity index (χ2n) is 6.42. The predicted octanol–water partition coefficient (Wildman–Crippen LogP) is 2.80. The molecule has 1 N–H and O–H groups in total. The molecule has 19 heavy (non-hydrogen) atoms. The lowest BCUT2D eigenvalue weighted by atomic mass is 9.95. The zero-order valence-corrected chi connectivity index (χ0v) is 13.3. The van der Waals surface area contributed by atoms with Crippen LogP contribution < -0.4 is 5.32 Å². The first kappa shape index (κ1) is 14.9. The summed E-state index contributed by atoms with van der Waals surface area (Å²) in [4.78, 5) is 0. The van der Waals surface area contributed by atoms with Gasteiger partial charge in [0.25, 0.3) is 0 Å².